The van der Waals surface area contributed by atoms with Gasteiger partial charge in [0.1, 0.15) is 11.9 Å². The maximum atomic E-state index is 6.03. The van der Waals surface area contributed by atoms with Crippen molar-refractivity contribution in [2.24, 2.45) is 10.9 Å². The van der Waals surface area contributed by atoms with E-state index in [0.29, 0.717) is 12.0 Å². The minimum absolute atomic E-state index is 0.163. The van der Waals surface area contributed by atoms with E-state index in [1.165, 1.54) is 29.8 Å². The summed E-state index contributed by atoms with van der Waals surface area (Å²) in [4.78, 5) is 8.39. The standard InChI is InChI=1S/C22H30N4OS/c1-23-22(25-15-18-13-16-7-3-4-9-19(16)27-18)24-14-17-8-5-11-26(2)21(17)20-10-6-12-28-20/h3-4,6-7,9-10,12,17-18,21H,5,8,11,13-15H2,1-2H3,(H2,23,24,25). The van der Waals surface area contributed by atoms with Gasteiger partial charge in [-0.25, -0.2) is 0 Å². The number of ether oxygens (including phenoxy) is 1. The van der Waals surface area contributed by atoms with Gasteiger partial charge in [0, 0.05) is 30.9 Å². The van der Waals surface area contributed by atoms with Crippen LogP contribution in [0.1, 0.15) is 29.3 Å². The van der Waals surface area contributed by atoms with Crippen LogP contribution in [-0.4, -0.2) is 50.7 Å². The first kappa shape index (κ1) is 19.3. The zero-order valence-corrected chi connectivity index (χ0v) is 17.5. The van der Waals surface area contributed by atoms with Crippen LogP contribution in [0.15, 0.2) is 46.8 Å². The van der Waals surface area contributed by atoms with Crippen molar-refractivity contribution in [2.75, 3.05) is 33.7 Å². The average Bonchev–Trinajstić information content (AvgIpc) is 3.37. The van der Waals surface area contributed by atoms with E-state index in [4.69, 9.17) is 4.74 Å². The SMILES string of the molecule is CN=C(NCC1Cc2ccccc2O1)NCC1CCCN(C)C1c1cccs1. The smallest absolute Gasteiger partial charge is 0.191 e. The molecular formula is C22H30N4OS. The lowest BCUT2D eigenvalue weighted by Gasteiger charge is -2.39. The molecule has 0 amide bonds. The molecule has 3 heterocycles. The third-order valence-corrected chi connectivity index (χ3v) is 6.75. The van der Waals surface area contributed by atoms with Crippen molar-refractivity contribution >= 4 is 17.3 Å². The van der Waals surface area contributed by atoms with Crippen molar-refractivity contribution < 1.29 is 4.74 Å². The van der Waals surface area contributed by atoms with Crippen LogP contribution in [0.4, 0.5) is 0 Å². The fourth-order valence-electron chi connectivity index (χ4n) is 4.41. The molecule has 1 aromatic heterocycles. The number of likely N-dealkylation sites (tertiary alicyclic amines) is 1. The summed E-state index contributed by atoms with van der Waals surface area (Å²) in [7, 11) is 4.09. The predicted octanol–water partition coefficient (Wildman–Crippen LogP) is 3.30. The monoisotopic (exact) mass is 398 g/mol. The summed E-state index contributed by atoms with van der Waals surface area (Å²) in [6.07, 6.45) is 3.62. The molecule has 2 aromatic rings. The lowest BCUT2D eigenvalue weighted by molar-refractivity contribution is 0.125. The molecule has 28 heavy (non-hydrogen) atoms. The van der Waals surface area contributed by atoms with Crippen molar-refractivity contribution in [3.63, 3.8) is 0 Å². The second kappa shape index (κ2) is 8.97. The molecule has 6 heteroatoms. The Labute approximate surface area is 171 Å². The minimum Gasteiger partial charge on any atom is -0.488 e. The van der Waals surface area contributed by atoms with E-state index in [0.717, 1.165) is 31.2 Å². The molecule has 5 nitrogen and oxygen atoms in total. The van der Waals surface area contributed by atoms with Crippen molar-refractivity contribution in [3.8, 4) is 5.75 Å². The molecule has 3 atom stereocenters. The van der Waals surface area contributed by atoms with Crippen LogP contribution >= 0.6 is 11.3 Å². The summed E-state index contributed by atoms with van der Waals surface area (Å²) in [5.74, 6) is 2.46. The number of piperidine rings is 1. The van der Waals surface area contributed by atoms with Crippen LogP contribution in [0, 0.1) is 5.92 Å². The topological polar surface area (TPSA) is 48.9 Å². The molecule has 2 aliphatic rings. The molecule has 0 radical (unpaired) electrons. The zero-order chi connectivity index (χ0) is 19.3. The van der Waals surface area contributed by atoms with Gasteiger partial charge in [-0.2, -0.15) is 0 Å². The van der Waals surface area contributed by atoms with Crippen LogP contribution in [-0.2, 0) is 6.42 Å². The van der Waals surface area contributed by atoms with Gasteiger partial charge in [-0.3, -0.25) is 9.89 Å². The highest BCUT2D eigenvalue weighted by Gasteiger charge is 2.31. The molecule has 4 rings (SSSR count). The Morgan fingerprint density at radius 3 is 2.86 bits per heavy atom. The first-order valence-electron chi connectivity index (χ1n) is 10.2. The number of benzene rings is 1. The Kier molecular flexibility index (Phi) is 6.17. The van der Waals surface area contributed by atoms with E-state index in [1.54, 1.807) is 0 Å². The van der Waals surface area contributed by atoms with Gasteiger partial charge in [0.15, 0.2) is 5.96 Å². The van der Waals surface area contributed by atoms with Gasteiger partial charge in [0.2, 0.25) is 0 Å². The summed E-state index contributed by atoms with van der Waals surface area (Å²) < 4.78 is 6.03. The van der Waals surface area contributed by atoms with Gasteiger partial charge in [0.25, 0.3) is 0 Å². The Morgan fingerprint density at radius 1 is 1.21 bits per heavy atom. The highest BCUT2D eigenvalue weighted by molar-refractivity contribution is 7.10. The van der Waals surface area contributed by atoms with E-state index in [1.807, 2.05) is 30.5 Å². The number of thiophene rings is 1. The number of rotatable bonds is 5. The van der Waals surface area contributed by atoms with E-state index < -0.39 is 0 Å². The summed E-state index contributed by atoms with van der Waals surface area (Å²) >= 11 is 1.87. The molecule has 2 N–H and O–H groups in total. The van der Waals surface area contributed by atoms with Crippen molar-refractivity contribution in [1.82, 2.24) is 15.5 Å². The number of aliphatic imine (C=N–C) groups is 1. The van der Waals surface area contributed by atoms with Crippen LogP contribution < -0.4 is 15.4 Å². The zero-order valence-electron chi connectivity index (χ0n) is 16.7. The van der Waals surface area contributed by atoms with Gasteiger partial charge < -0.3 is 15.4 Å². The summed E-state index contributed by atoms with van der Waals surface area (Å²) in [5.41, 5.74) is 1.29. The molecule has 0 aliphatic carbocycles. The van der Waals surface area contributed by atoms with Crippen LogP contribution in [0.25, 0.3) is 0 Å². The van der Waals surface area contributed by atoms with Crippen LogP contribution in [0.2, 0.25) is 0 Å². The highest BCUT2D eigenvalue weighted by atomic mass is 32.1. The summed E-state index contributed by atoms with van der Waals surface area (Å²) in [6.45, 7) is 2.86. The predicted molar refractivity (Wildman–Crippen MR) is 116 cm³/mol. The maximum Gasteiger partial charge on any atom is 0.191 e. The third kappa shape index (κ3) is 4.33. The Morgan fingerprint density at radius 2 is 2.07 bits per heavy atom. The number of nitrogens with one attached hydrogen (secondary N) is 2. The molecule has 1 saturated heterocycles. The van der Waals surface area contributed by atoms with E-state index in [9.17, 15) is 0 Å². The molecular weight excluding hydrogens is 368 g/mol. The minimum atomic E-state index is 0.163. The number of guanidine groups is 1. The lowest BCUT2D eigenvalue weighted by atomic mass is 9.88. The van der Waals surface area contributed by atoms with Crippen molar-refractivity contribution in [3.05, 3.63) is 52.2 Å². The van der Waals surface area contributed by atoms with E-state index in [-0.39, 0.29) is 6.10 Å². The molecule has 0 saturated carbocycles. The van der Waals surface area contributed by atoms with Gasteiger partial charge in [-0.1, -0.05) is 24.3 Å². The summed E-state index contributed by atoms with van der Waals surface area (Å²) in [6, 6.07) is 13.2. The largest absolute Gasteiger partial charge is 0.488 e. The number of hydrogen-bond donors (Lipinski definition) is 2. The number of hydrogen-bond acceptors (Lipinski definition) is 4. The third-order valence-electron chi connectivity index (χ3n) is 5.81. The normalized spacial score (nSPS) is 25.2. The Bertz CT molecular complexity index is 767. The first-order valence-corrected chi connectivity index (χ1v) is 11.1. The van der Waals surface area contributed by atoms with E-state index >= 15 is 0 Å². The highest BCUT2D eigenvalue weighted by Crippen LogP contribution is 2.36. The van der Waals surface area contributed by atoms with Gasteiger partial charge >= 0.3 is 0 Å². The quantitative estimate of drug-likeness (QED) is 0.599. The molecule has 3 unspecified atom stereocenters. The Hall–Kier alpha value is -2.05. The second-order valence-electron chi connectivity index (χ2n) is 7.73. The fourth-order valence-corrected chi connectivity index (χ4v) is 5.39. The van der Waals surface area contributed by atoms with Gasteiger partial charge in [-0.15, -0.1) is 11.3 Å². The second-order valence-corrected chi connectivity index (χ2v) is 8.71. The Balaban J connectivity index is 1.29. The van der Waals surface area contributed by atoms with Crippen LogP contribution in [0.3, 0.4) is 0 Å². The summed E-state index contributed by atoms with van der Waals surface area (Å²) in [5, 5.41) is 9.19. The molecule has 1 aromatic carbocycles. The van der Waals surface area contributed by atoms with Crippen molar-refractivity contribution in [1.29, 1.82) is 0 Å². The number of fused-ring (bicyclic) bond motifs is 1. The average molecular weight is 399 g/mol. The van der Waals surface area contributed by atoms with Crippen LogP contribution in [0.5, 0.6) is 5.75 Å². The molecule has 1 fully saturated rings. The lowest BCUT2D eigenvalue weighted by Crippen LogP contribution is -2.46. The maximum absolute atomic E-state index is 6.03. The van der Waals surface area contributed by atoms with E-state index in [2.05, 4.69) is 57.2 Å². The molecule has 150 valence electrons. The first-order chi connectivity index (χ1) is 13.7. The van der Waals surface area contributed by atoms with Gasteiger partial charge in [-0.05, 0) is 55.4 Å². The number of nitrogens with zero attached hydrogens (tertiary/aromatic N) is 2. The number of para-hydroxylation sites is 1. The van der Waals surface area contributed by atoms with Gasteiger partial charge in [0.05, 0.1) is 6.54 Å². The molecule has 0 bridgehead atoms. The van der Waals surface area contributed by atoms with Crippen molar-refractivity contribution in [2.45, 2.75) is 31.4 Å². The fraction of sp³-hybridized carbons (Fsp3) is 0.500. The molecule has 2 aliphatic heterocycles. The molecule has 0 spiro atoms.